The Balaban J connectivity index is 1.88. The Morgan fingerprint density at radius 1 is 0.394 bits per heavy atom. The molecule has 4 nitrogen and oxygen atoms in total. The van der Waals surface area contributed by atoms with E-state index in [1.807, 2.05) is 0 Å². The molecule has 0 bridgehead atoms. The zero-order chi connectivity index (χ0) is 24.8. The molecule has 0 saturated heterocycles. The van der Waals surface area contributed by atoms with Gasteiger partial charge in [-0.2, -0.15) is 0 Å². The molecule has 180 valence electrons. The summed E-state index contributed by atoms with van der Waals surface area (Å²) in [7, 11) is -3.15. The van der Waals surface area contributed by atoms with E-state index in [2.05, 4.69) is 107 Å². The fraction of sp³-hybridized carbons (Fsp3) is 0.571. The van der Waals surface area contributed by atoms with E-state index < -0.39 is 8.17 Å². The molecule has 0 N–H and O–H groups in total. The van der Waals surface area contributed by atoms with Crippen LogP contribution in [-0.2, 0) is 21.7 Å². The van der Waals surface area contributed by atoms with Gasteiger partial charge >= 0.3 is 8.17 Å². The Morgan fingerprint density at radius 3 is 0.727 bits per heavy atom. The standard InChI is InChI=1S/C28H40O4P/c1-25(2,3)17-13-14-18(26(4,5)6)22-21(17)29-33(30-22)31-23-19(27(7,8)9)15-16-20(24(23)32-33)28(10,11)12/h13-16H,1-12H3/q+1. The average Bonchev–Trinajstić information content (AvgIpc) is 3.15. The van der Waals surface area contributed by atoms with Crippen LogP contribution < -0.4 is 18.1 Å². The zero-order valence-electron chi connectivity index (χ0n) is 22.4. The molecular weight excluding hydrogens is 431 g/mol. The molecule has 0 radical (unpaired) electrons. The van der Waals surface area contributed by atoms with Crippen LogP contribution in [0, 0.1) is 0 Å². The normalized spacial score (nSPS) is 17.1. The van der Waals surface area contributed by atoms with E-state index in [0.717, 1.165) is 45.3 Å². The molecule has 33 heavy (non-hydrogen) atoms. The van der Waals surface area contributed by atoms with Gasteiger partial charge in [-0.15, -0.1) is 0 Å². The van der Waals surface area contributed by atoms with E-state index in [-0.39, 0.29) is 21.7 Å². The number of benzene rings is 2. The van der Waals surface area contributed by atoms with Crippen molar-refractivity contribution in [3.63, 3.8) is 0 Å². The minimum atomic E-state index is -3.15. The fourth-order valence-electron chi connectivity index (χ4n) is 4.41. The summed E-state index contributed by atoms with van der Waals surface area (Å²) < 4.78 is 26.4. The minimum absolute atomic E-state index is 0.113. The molecule has 0 atom stereocenters. The molecule has 2 aromatic rings. The van der Waals surface area contributed by atoms with Crippen molar-refractivity contribution in [1.82, 2.24) is 0 Å². The predicted molar refractivity (Wildman–Crippen MR) is 137 cm³/mol. The maximum atomic E-state index is 6.61. The maximum absolute atomic E-state index is 6.61. The van der Waals surface area contributed by atoms with Crippen LogP contribution in [0.4, 0.5) is 0 Å². The van der Waals surface area contributed by atoms with Crippen LogP contribution in [0.5, 0.6) is 23.0 Å². The van der Waals surface area contributed by atoms with Crippen LogP contribution in [0.3, 0.4) is 0 Å². The molecule has 0 fully saturated rings. The quantitative estimate of drug-likeness (QED) is 0.360. The lowest BCUT2D eigenvalue weighted by Gasteiger charge is -2.23. The summed E-state index contributed by atoms with van der Waals surface area (Å²) >= 11 is 0. The second-order valence-electron chi connectivity index (χ2n) is 13.5. The predicted octanol–water partition coefficient (Wildman–Crippen LogP) is 8.80. The van der Waals surface area contributed by atoms with E-state index >= 15 is 0 Å². The maximum Gasteiger partial charge on any atom is 0.767 e. The van der Waals surface area contributed by atoms with Gasteiger partial charge in [0.25, 0.3) is 0 Å². The van der Waals surface area contributed by atoms with Crippen molar-refractivity contribution in [2.75, 3.05) is 0 Å². The lowest BCUT2D eigenvalue weighted by molar-refractivity contribution is 0.327. The largest absolute Gasteiger partial charge is 0.767 e. The molecule has 0 aliphatic carbocycles. The van der Waals surface area contributed by atoms with Gasteiger partial charge in [0.1, 0.15) is 0 Å². The van der Waals surface area contributed by atoms with Gasteiger partial charge in [-0.1, -0.05) is 107 Å². The minimum Gasteiger partial charge on any atom is -0.236 e. The lowest BCUT2D eigenvalue weighted by atomic mass is 9.81. The first-order chi connectivity index (χ1) is 14.8. The molecule has 1 spiro atoms. The molecule has 0 unspecified atom stereocenters. The second kappa shape index (κ2) is 7.04. The van der Waals surface area contributed by atoms with Gasteiger partial charge in [0.15, 0.2) is 0 Å². The highest BCUT2D eigenvalue weighted by Gasteiger charge is 2.69. The van der Waals surface area contributed by atoms with E-state index in [0.29, 0.717) is 0 Å². The smallest absolute Gasteiger partial charge is 0.236 e. The number of hydrogen-bond acceptors (Lipinski definition) is 4. The molecule has 5 heteroatoms. The topological polar surface area (TPSA) is 36.9 Å². The molecule has 4 rings (SSSR count). The summed E-state index contributed by atoms with van der Waals surface area (Å²) in [6.07, 6.45) is 0. The monoisotopic (exact) mass is 471 g/mol. The van der Waals surface area contributed by atoms with Crippen LogP contribution in [0.1, 0.15) is 105 Å². The highest BCUT2D eigenvalue weighted by atomic mass is 31.2. The number of fused-ring (bicyclic) bond motifs is 2. The fourth-order valence-corrected chi connectivity index (χ4v) is 6.25. The van der Waals surface area contributed by atoms with Crippen molar-refractivity contribution in [2.24, 2.45) is 0 Å². The van der Waals surface area contributed by atoms with Crippen LogP contribution >= 0.6 is 8.17 Å². The van der Waals surface area contributed by atoms with E-state index in [1.54, 1.807) is 0 Å². The third-order valence-corrected chi connectivity index (χ3v) is 7.89. The van der Waals surface area contributed by atoms with Crippen LogP contribution in [-0.4, -0.2) is 0 Å². The first-order valence-electron chi connectivity index (χ1n) is 11.9. The molecular formula is C28H40O4P+. The molecule has 0 aromatic heterocycles. The van der Waals surface area contributed by atoms with Gasteiger partial charge in [-0.3, -0.25) is 0 Å². The Hall–Kier alpha value is -1.93. The van der Waals surface area contributed by atoms with E-state index in [4.69, 9.17) is 18.1 Å². The van der Waals surface area contributed by atoms with Gasteiger partial charge in [-0.25, -0.2) is 18.1 Å². The zero-order valence-corrected chi connectivity index (χ0v) is 23.3. The molecule has 0 amide bonds. The summed E-state index contributed by atoms with van der Waals surface area (Å²) in [6, 6.07) is 8.65. The SMILES string of the molecule is CC(C)(C)c1ccc(C(C)(C)C)c2c1O[P+]1(O2)Oc2c(C(C)(C)C)ccc(C(C)(C)C)c2O1. The summed E-state index contributed by atoms with van der Waals surface area (Å²) in [5.41, 5.74) is 3.93. The Labute approximate surface area is 200 Å². The third kappa shape index (κ3) is 4.09. The third-order valence-electron chi connectivity index (χ3n) is 6.27. The van der Waals surface area contributed by atoms with Crippen molar-refractivity contribution in [2.45, 2.75) is 105 Å². The van der Waals surface area contributed by atoms with Gasteiger partial charge in [0.2, 0.25) is 23.0 Å². The Bertz CT molecular complexity index is 926. The van der Waals surface area contributed by atoms with Gasteiger partial charge < -0.3 is 0 Å². The van der Waals surface area contributed by atoms with E-state index in [9.17, 15) is 0 Å². The summed E-state index contributed by atoms with van der Waals surface area (Å²) in [5.74, 6) is 3.02. The van der Waals surface area contributed by atoms with E-state index in [1.165, 1.54) is 0 Å². The van der Waals surface area contributed by atoms with Crippen molar-refractivity contribution < 1.29 is 18.1 Å². The molecule has 2 aliphatic rings. The summed E-state index contributed by atoms with van der Waals surface area (Å²) in [4.78, 5) is 0. The van der Waals surface area contributed by atoms with Crippen molar-refractivity contribution in [3.05, 3.63) is 46.5 Å². The van der Waals surface area contributed by atoms with Crippen molar-refractivity contribution in [1.29, 1.82) is 0 Å². The van der Waals surface area contributed by atoms with Gasteiger partial charge in [0, 0.05) is 22.3 Å². The van der Waals surface area contributed by atoms with Crippen LogP contribution in [0.2, 0.25) is 0 Å². The van der Waals surface area contributed by atoms with Crippen LogP contribution in [0.25, 0.3) is 0 Å². The first kappa shape index (κ1) is 24.2. The summed E-state index contributed by atoms with van der Waals surface area (Å²) in [5, 5.41) is 0. The molecule has 2 aliphatic heterocycles. The van der Waals surface area contributed by atoms with Crippen molar-refractivity contribution in [3.8, 4) is 23.0 Å². The first-order valence-corrected chi connectivity index (χ1v) is 13.3. The lowest BCUT2D eigenvalue weighted by Crippen LogP contribution is -2.15. The highest BCUT2D eigenvalue weighted by molar-refractivity contribution is 7.58. The highest BCUT2D eigenvalue weighted by Crippen LogP contribution is 2.75. The van der Waals surface area contributed by atoms with Crippen molar-refractivity contribution >= 4 is 8.17 Å². The van der Waals surface area contributed by atoms with Gasteiger partial charge in [0.05, 0.1) is 0 Å². The number of hydrogen-bond donors (Lipinski definition) is 0. The average molecular weight is 472 g/mol. The summed E-state index contributed by atoms with van der Waals surface area (Å²) in [6.45, 7) is 26.2. The number of rotatable bonds is 0. The van der Waals surface area contributed by atoms with Gasteiger partial charge in [-0.05, 0) is 21.7 Å². The Kier molecular flexibility index (Phi) is 5.16. The van der Waals surface area contributed by atoms with Crippen LogP contribution in [0.15, 0.2) is 24.3 Å². The Morgan fingerprint density at radius 2 is 0.576 bits per heavy atom. The molecule has 2 heterocycles. The molecule has 2 aromatic carbocycles. The molecule has 0 saturated carbocycles. The second-order valence-corrected chi connectivity index (χ2v) is 15.1.